The van der Waals surface area contributed by atoms with Gasteiger partial charge in [0, 0.05) is 19.8 Å². The quantitative estimate of drug-likeness (QED) is 0.578. The van der Waals surface area contributed by atoms with E-state index in [4.69, 9.17) is 21.1 Å². The molecule has 4 nitrogen and oxygen atoms in total. The number of anilines is 1. The lowest BCUT2D eigenvalue weighted by molar-refractivity contribution is -0.117. The van der Waals surface area contributed by atoms with Gasteiger partial charge in [0.05, 0.1) is 12.3 Å². The van der Waals surface area contributed by atoms with Crippen LogP contribution in [-0.2, 0) is 20.9 Å². The fourth-order valence-corrected chi connectivity index (χ4v) is 1.67. The van der Waals surface area contributed by atoms with Crippen molar-refractivity contribution in [2.45, 2.75) is 6.61 Å². The molecule has 0 aromatic heterocycles. The second kappa shape index (κ2) is 7.27. The van der Waals surface area contributed by atoms with E-state index in [-0.39, 0.29) is 18.5 Å². The highest BCUT2D eigenvalue weighted by atomic mass is 35.5. The van der Waals surface area contributed by atoms with Crippen molar-refractivity contribution < 1.29 is 14.3 Å². The van der Waals surface area contributed by atoms with Crippen LogP contribution in [0, 0.1) is 0 Å². The second-order valence-electron chi connectivity index (χ2n) is 3.43. The summed E-state index contributed by atoms with van der Waals surface area (Å²) in [5.74, 6) is -0.276. The number of halogens is 1. The molecule has 0 spiro atoms. The zero-order chi connectivity index (χ0) is 12.7. The van der Waals surface area contributed by atoms with Crippen LogP contribution >= 0.6 is 11.6 Å². The first-order valence-electron chi connectivity index (χ1n) is 5.16. The Labute approximate surface area is 106 Å². The molecular weight excluding hydrogens is 242 g/mol. The molecule has 17 heavy (non-hydrogen) atoms. The highest BCUT2D eigenvalue weighted by molar-refractivity contribution is 6.29. The molecule has 0 saturated heterocycles. The molecule has 0 bridgehead atoms. The number of amides is 1. The van der Waals surface area contributed by atoms with Crippen LogP contribution in [0.5, 0.6) is 0 Å². The van der Waals surface area contributed by atoms with Gasteiger partial charge in [-0.2, -0.15) is 0 Å². The number of nitrogens with zero attached hydrogens (tertiary/aromatic N) is 1. The van der Waals surface area contributed by atoms with Crippen LogP contribution in [0.2, 0.25) is 0 Å². The highest BCUT2D eigenvalue weighted by Gasteiger charge is 2.17. The van der Waals surface area contributed by atoms with E-state index in [9.17, 15) is 4.79 Å². The summed E-state index contributed by atoms with van der Waals surface area (Å²) in [6.45, 7) is 0.609. The van der Waals surface area contributed by atoms with Crippen molar-refractivity contribution in [3.8, 4) is 0 Å². The number of alkyl halides is 1. The smallest absolute Gasteiger partial charge is 0.243 e. The van der Waals surface area contributed by atoms with Gasteiger partial charge in [0.25, 0.3) is 0 Å². The van der Waals surface area contributed by atoms with Gasteiger partial charge in [-0.15, -0.1) is 11.6 Å². The molecule has 0 aliphatic rings. The number of benzene rings is 1. The van der Waals surface area contributed by atoms with Gasteiger partial charge in [-0.3, -0.25) is 9.69 Å². The Morgan fingerprint density at radius 1 is 1.29 bits per heavy atom. The van der Waals surface area contributed by atoms with E-state index in [1.165, 1.54) is 12.0 Å². The van der Waals surface area contributed by atoms with Crippen LogP contribution in [0.15, 0.2) is 24.3 Å². The van der Waals surface area contributed by atoms with Gasteiger partial charge in [-0.25, -0.2) is 0 Å². The summed E-state index contributed by atoms with van der Waals surface area (Å²) in [5.41, 5.74) is 1.69. The van der Waals surface area contributed by atoms with Gasteiger partial charge in [0.15, 0.2) is 0 Å². The summed E-state index contributed by atoms with van der Waals surface area (Å²) in [6.07, 6.45) is 0. The fraction of sp³-hybridized carbons (Fsp3) is 0.417. The topological polar surface area (TPSA) is 38.8 Å². The van der Waals surface area contributed by atoms with Gasteiger partial charge in [-0.1, -0.05) is 18.2 Å². The number of rotatable bonds is 6. The lowest BCUT2D eigenvalue weighted by Gasteiger charge is -2.23. The van der Waals surface area contributed by atoms with Crippen LogP contribution in [0.25, 0.3) is 0 Å². The highest BCUT2D eigenvalue weighted by Crippen LogP contribution is 2.21. The van der Waals surface area contributed by atoms with Crippen LogP contribution in [0.4, 0.5) is 5.69 Å². The first kappa shape index (κ1) is 14.0. The average Bonchev–Trinajstić information content (AvgIpc) is 2.36. The van der Waals surface area contributed by atoms with Crippen molar-refractivity contribution in [2.24, 2.45) is 0 Å². The molecule has 0 N–H and O–H groups in total. The maximum atomic E-state index is 11.7. The Hall–Kier alpha value is -1.10. The van der Waals surface area contributed by atoms with E-state index in [0.29, 0.717) is 6.61 Å². The number of para-hydroxylation sites is 1. The summed E-state index contributed by atoms with van der Waals surface area (Å²) >= 11 is 5.58. The summed E-state index contributed by atoms with van der Waals surface area (Å²) in [5, 5.41) is 0. The molecule has 0 heterocycles. The van der Waals surface area contributed by atoms with Gasteiger partial charge < -0.3 is 9.47 Å². The third-order valence-electron chi connectivity index (χ3n) is 2.26. The molecule has 0 radical (unpaired) electrons. The first-order chi connectivity index (χ1) is 8.24. The molecule has 0 aliphatic heterocycles. The Balaban J connectivity index is 3.03. The third kappa shape index (κ3) is 3.70. The van der Waals surface area contributed by atoms with E-state index in [1.54, 1.807) is 7.11 Å². The molecule has 0 aliphatic carbocycles. The second-order valence-corrected chi connectivity index (χ2v) is 3.70. The zero-order valence-electron chi connectivity index (χ0n) is 9.98. The van der Waals surface area contributed by atoms with Crippen molar-refractivity contribution in [3.63, 3.8) is 0 Å². The number of hydrogen-bond acceptors (Lipinski definition) is 3. The minimum Gasteiger partial charge on any atom is -0.380 e. The van der Waals surface area contributed by atoms with E-state index in [0.717, 1.165) is 11.3 Å². The minimum atomic E-state index is -0.197. The van der Waals surface area contributed by atoms with E-state index in [2.05, 4.69) is 0 Å². The maximum absolute atomic E-state index is 11.7. The molecule has 0 saturated carbocycles. The lowest BCUT2D eigenvalue weighted by atomic mass is 10.1. The third-order valence-corrected chi connectivity index (χ3v) is 2.48. The summed E-state index contributed by atoms with van der Waals surface area (Å²) in [4.78, 5) is 13.2. The van der Waals surface area contributed by atoms with Crippen molar-refractivity contribution in [1.29, 1.82) is 0 Å². The molecule has 0 fully saturated rings. The molecular formula is C12H16ClNO3. The van der Waals surface area contributed by atoms with E-state index in [1.807, 2.05) is 24.3 Å². The Kier molecular flexibility index (Phi) is 5.97. The van der Waals surface area contributed by atoms with Gasteiger partial charge in [0.2, 0.25) is 5.91 Å². The number of carbonyl (C=O) groups excluding carboxylic acids is 1. The molecule has 1 aromatic rings. The lowest BCUT2D eigenvalue weighted by Crippen LogP contribution is -2.34. The summed E-state index contributed by atoms with van der Waals surface area (Å²) in [7, 11) is 3.15. The molecule has 1 aromatic carbocycles. The summed E-state index contributed by atoms with van der Waals surface area (Å²) in [6, 6.07) is 7.51. The fourth-order valence-electron chi connectivity index (χ4n) is 1.53. The zero-order valence-corrected chi connectivity index (χ0v) is 10.7. The van der Waals surface area contributed by atoms with E-state index >= 15 is 0 Å². The van der Waals surface area contributed by atoms with Crippen LogP contribution in [0.3, 0.4) is 0 Å². The number of carbonyl (C=O) groups is 1. The maximum Gasteiger partial charge on any atom is 0.243 e. The Morgan fingerprint density at radius 3 is 2.59 bits per heavy atom. The SMILES string of the molecule is COCc1ccccc1N(COC)C(=O)CCl. The molecule has 1 amide bonds. The van der Waals surface area contributed by atoms with E-state index < -0.39 is 0 Å². The molecule has 1 rings (SSSR count). The average molecular weight is 258 g/mol. The van der Waals surface area contributed by atoms with Crippen LogP contribution < -0.4 is 4.90 Å². The predicted molar refractivity (Wildman–Crippen MR) is 67.2 cm³/mol. The first-order valence-corrected chi connectivity index (χ1v) is 5.70. The number of ether oxygens (including phenoxy) is 2. The van der Waals surface area contributed by atoms with Gasteiger partial charge in [-0.05, 0) is 6.07 Å². The Bertz CT molecular complexity index is 371. The molecule has 5 heteroatoms. The van der Waals surface area contributed by atoms with Crippen molar-refractivity contribution in [1.82, 2.24) is 0 Å². The normalized spacial score (nSPS) is 10.3. The molecule has 0 atom stereocenters. The number of hydrogen-bond donors (Lipinski definition) is 0. The standard InChI is InChI=1S/C12H16ClNO3/c1-16-8-10-5-3-4-6-11(10)14(9-17-2)12(15)7-13/h3-6H,7-9H2,1-2H3. The van der Waals surface area contributed by atoms with Crippen LogP contribution in [0.1, 0.15) is 5.56 Å². The summed E-state index contributed by atoms with van der Waals surface area (Å²) < 4.78 is 10.1. The largest absolute Gasteiger partial charge is 0.380 e. The van der Waals surface area contributed by atoms with Crippen LogP contribution in [-0.4, -0.2) is 32.7 Å². The van der Waals surface area contributed by atoms with Crippen molar-refractivity contribution in [2.75, 3.05) is 31.7 Å². The molecule has 0 unspecified atom stereocenters. The van der Waals surface area contributed by atoms with Gasteiger partial charge in [0.1, 0.15) is 12.6 Å². The van der Waals surface area contributed by atoms with Gasteiger partial charge >= 0.3 is 0 Å². The monoisotopic (exact) mass is 257 g/mol. The Morgan fingerprint density at radius 2 is 2.00 bits per heavy atom. The predicted octanol–water partition coefficient (Wildman–Crippen LogP) is 2.01. The van der Waals surface area contributed by atoms with Crippen molar-refractivity contribution in [3.05, 3.63) is 29.8 Å². The minimum absolute atomic E-state index is 0.0787. The number of methoxy groups -OCH3 is 2. The van der Waals surface area contributed by atoms with Crippen molar-refractivity contribution >= 4 is 23.2 Å². The molecule has 94 valence electrons.